The third-order valence-electron chi connectivity index (χ3n) is 5.63. The lowest BCUT2D eigenvalue weighted by Gasteiger charge is -2.22. The summed E-state index contributed by atoms with van der Waals surface area (Å²) in [5, 5.41) is 5.84. The number of benzene rings is 2. The van der Waals surface area contributed by atoms with Crippen molar-refractivity contribution in [3.05, 3.63) is 66.7 Å². The smallest absolute Gasteiger partial charge is 0.119 e. The van der Waals surface area contributed by atoms with E-state index in [4.69, 9.17) is 9.72 Å². The van der Waals surface area contributed by atoms with E-state index in [2.05, 4.69) is 66.4 Å². The first-order valence-electron chi connectivity index (χ1n) is 10.8. The number of hydrogen-bond donors (Lipinski definition) is 2. The van der Waals surface area contributed by atoms with Gasteiger partial charge in [-0.15, -0.1) is 0 Å². The van der Waals surface area contributed by atoms with E-state index in [-0.39, 0.29) is 5.41 Å². The van der Waals surface area contributed by atoms with Crippen molar-refractivity contribution in [1.82, 2.24) is 20.3 Å². The van der Waals surface area contributed by atoms with Crippen molar-refractivity contribution in [3.63, 3.8) is 0 Å². The van der Waals surface area contributed by atoms with Gasteiger partial charge in [0.2, 0.25) is 0 Å². The Labute approximate surface area is 183 Å². The summed E-state index contributed by atoms with van der Waals surface area (Å²) in [6.45, 7) is 8.49. The summed E-state index contributed by atoms with van der Waals surface area (Å²) in [5.74, 6) is 1.84. The summed E-state index contributed by atoms with van der Waals surface area (Å²) in [6.07, 6.45) is 4.75. The minimum Gasteiger partial charge on any atom is -0.497 e. The van der Waals surface area contributed by atoms with Crippen LogP contribution >= 0.6 is 0 Å². The summed E-state index contributed by atoms with van der Waals surface area (Å²) in [5.41, 5.74) is 4.02. The van der Waals surface area contributed by atoms with Crippen LogP contribution in [0, 0.1) is 0 Å². The lowest BCUT2D eigenvalue weighted by Crippen LogP contribution is -2.34. The molecule has 2 heterocycles. The molecule has 4 aromatic rings. The van der Waals surface area contributed by atoms with Crippen LogP contribution in [0.5, 0.6) is 5.75 Å². The van der Waals surface area contributed by atoms with Crippen LogP contribution in [-0.2, 0) is 5.41 Å². The first-order chi connectivity index (χ1) is 15.0. The van der Waals surface area contributed by atoms with Gasteiger partial charge in [-0.3, -0.25) is 4.98 Å². The Bertz CT molecular complexity index is 1160. The van der Waals surface area contributed by atoms with E-state index >= 15 is 0 Å². The topological polar surface area (TPSA) is 62.8 Å². The molecule has 31 heavy (non-hydrogen) atoms. The van der Waals surface area contributed by atoms with Gasteiger partial charge in [-0.2, -0.15) is 0 Å². The van der Waals surface area contributed by atoms with Gasteiger partial charge in [0.15, 0.2) is 0 Å². The molecule has 160 valence electrons. The van der Waals surface area contributed by atoms with Crippen LogP contribution in [0.15, 0.2) is 60.9 Å². The van der Waals surface area contributed by atoms with E-state index in [1.54, 1.807) is 7.11 Å². The maximum Gasteiger partial charge on any atom is 0.119 e. The van der Waals surface area contributed by atoms with Crippen LogP contribution in [0.1, 0.15) is 33.0 Å². The predicted molar refractivity (Wildman–Crippen MR) is 127 cm³/mol. The molecule has 0 amide bonds. The second-order valence-electron chi connectivity index (χ2n) is 8.53. The summed E-state index contributed by atoms with van der Waals surface area (Å²) < 4.78 is 5.37. The van der Waals surface area contributed by atoms with Crippen molar-refractivity contribution in [2.75, 3.05) is 20.2 Å². The van der Waals surface area contributed by atoms with Crippen molar-refractivity contribution in [3.8, 4) is 28.3 Å². The lowest BCUT2D eigenvalue weighted by molar-refractivity contribution is 0.415. The van der Waals surface area contributed by atoms with Gasteiger partial charge >= 0.3 is 0 Å². The molecule has 0 bridgehead atoms. The monoisotopic (exact) mass is 414 g/mol. The highest BCUT2D eigenvalue weighted by molar-refractivity contribution is 5.90. The van der Waals surface area contributed by atoms with E-state index in [1.165, 1.54) is 0 Å². The molecule has 5 heteroatoms. The third kappa shape index (κ3) is 4.47. The van der Waals surface area contributed by atoms with Crippen LogP contribution in [0.3, 0.4) is 0 Å². The summed E-state index contributed by atoms with van der Waals surface area (Å²) in [7, 11) is 1.69. The second-order valence-corrected chi connectivity index (χ2v) is 8.53. The number of pyridine rings is 1. The molecular weight excluding hydrogens is 384 g/mol. The molecule has 0 spiro atoms. The Morgan fingerprint density at radius 2 is 1.71 bits per heavy atom. The fraction of sp³-hybridized carbons (Fsp3) is 0.308. The quantitative estimate of drug-likeness (QED) is 0.370. The fourth-order valence-electron chi connectivity index (χ4n) is 3.79. The van der Waals surface area contributed by atoms with E-state index in [1.807, 2.05) is 30.6 Å². The minimum atomic E-state index is -0.126. The van der Waals surface area contributed by atoms with Crippen LogP contribution in [0.4, 0.5) is 0 Å². The molecule has 0 aliphatic heterocycles. The molecule has 0 radical (unpaired) electrons. The number of ether oxygens (including phenoxy) is 1. The zero-order valence-corrected chi connectivity index (χ0v) is 18.7. The molecule has 5 nitrogen and oxygen atoms in total. The maximum absolute atomic E-state index is 5.37. The number of nitrogens with one attached hydrogen (secondary N) is 2. The van der Waals surface area contributed by atoms with Crippen LogP contribution in [0.2, 0.25) is 0 Å². The van der Waals surface area contributed by atoms with Crippen molar-refractivity contribution in [2.45, 2.75) is 32.6 Å². The molecule has 0 saturated carbocycles. The third-order valence-corrected chi connectivity index (χ3v) is 5.63. The molecule has 0 atom stereocenters. The highest BCUT2D eigenvalue weighted by atomic mass is 16.5. The minimum absolute atomic E-state index is 0.126. The van der Waals surface area contributed by atoms with E-state index in [9.17, 15) is 0 Å². The summed E-state index contributed by atoms with van der Waals surface area (Å²) in [4.78, 5) is 12.9. The number of aromatic nitrogens is 3. The van der Waals surface area contributed by atoms with Crippen LogP contribution in [-0.4, -0.2) is 35.2 Å². The predicted octanol–water partition coefficient (Wildman–Crippen LogP) is 5.58. The van der Waals surface area contributed by atoms with Gasteiger partial charge in [0.05, 0.1) is 18.5 Å². The molecule has 2 aromatic heterocycles. The Hall–Kier alpha value is -3.18. The number of methoxy groups -OCH3 is 1. The number of H-pyrrole nitrogens is 1. The molecule has 0 fully saturated rings. The number of hydrogen-bond acceptors (Lipinski definition) is 4. The first-order valence-corrected chi connectivity index (χ1v) is 10.8. The average molecular weight is 415 g/mol. The highest BCUT2D eigenvalue weighted by Gasteiger charge is 2.26. The van der Waals surface area contributed by atoms with E-state index in [0.717, 1.165) is 64.4 Å². The van der Waals surface area contributed by atoms with E-state index in [0.29, 0.717) is 0 Å². The zero-order valence-electron chi connectivity index (χ0n) is 18.7. The second kappa shape index (κ2) is 8.90. The Morgan fingerprint density at radius 1 is 0.968 bits per heavy atom. The maximum atomic E-state index is 5.37. The van der Waals surface area contributed by atoms with Crippen LogP contribution in [0.25, 0.3) is 33.3 Å². The van der Waals surface area contributed by atoms with Gasteiger partial charge in [-0.05, 0) is 54.1 Å². The van der Waals surface area contributed by atoms with Gasteiger partial charge in [-0.25, -0.2) is 4.98 Å². The molecule has 0 aliphatic rings. The molecule has 0 saturated heterocycles. The molecule has 2 N–H and O–H groups in total. The fourth-order valence-corrected chi connectivity index (χ4v) is 3.79. The number of fused-ring (bicyclic) bond motifs is 1. The Morgan fingerprint density at radius 3 is 2.45 bits per heavy atom. The number of nitrogens with zero attached hydrogens (tertiary/aromatic N) is 2. The molecule has 2 aromatic carbocycles. The normalized spacial score (nSPS) is 11.7. The SMILES string of the molecule is CCCNCC(C)(C)c1nc(-c2ccc3cc(OC)ccc3c2)c(-c2ccncc2)[nH]1. The van der Waals surface area contributed by atoms with Gasteiger partial charge < -0.3 is 15.0 Å². The zero-order chi connectivity index (χ0) is 21.8. The number of imidazole rings is 1. The van der Waals surface area contributed by atoms with Crippen molar-refractivity contribution >= 4 is 10.8 Å². The number of aromatic amines is 1. The molecule has 4 rings (SSSR count). The Balaban J connectivity index is 1.80. The van der Waals surface area contributed by atoms with Gasteiger partial charge in [0.1, 0.15) is 11.6 Å². The largest absolute Gasteiger partial charge is 0.497 e. The standard InChI is InChI=1S/C26H30N4O/c1-5-12-28-17-26(2,3)25-29-23(18-10-13-27-14-11-18)24(30-25)21-7-6-20-16-22(31-4)9-8-19(20)15-21/h6-11,13-16,28H,5,12,17H2,1-4H3,(H,29,30). The Kier molecular flexibility index (Phi) is 6.05. The molecule has 0 unspecified atom stereocenters. The molecule has 0 aliphatic carbocycles. The first kappa shape index (κ1) is 21.1. The summed E-state index contributed by atoms with van der Waals surface area (Å²) in [6, 6.07) is 16.7. The summed E-state index contributed by atoms with van der Waals surface area (Å²) >= 11 is 0. The van der Waals surface area contributed by atoms with Crippen LogP contribution < -0.4 is 10.1 Å². The van der Waals surface area contributed by atoms with Crippen molar-refractivity contribution in [2.24, 2.45) is 0 Å². The van der Waals surface area contributed by atoms with Gasteiger partial charge in [-0.1, -0.05) is 39.0 Å². The molecular formula is C26H30N4O. The number of rotatable bonds is 8. The lowest BCUT2D eigenvalue weighted by atomic mass is 9.92. The van der Waals surface area contributed by atoms with E-state index < -0.39 is 0 Å². The van der Waals surface area contributed by atoms with Crippen molar-refractivity contribution in [1.29, 1.82) is 0 Å². The highest BCUT2D eigenvalue weighted by Crippen LogP contribution is 2.35. The average Bonchev–Trinajstić information content (AvgIpc) is 3.25. The van der Waals surface area contributed by atoms with Gasteiger partial charge in [0, 0.05) is 35.5 Å². The van der Waals surface area contributed by atoms with Gasteiger partial charge in [0.25, 0.3) is 0 Å². The van der Waals surface area contributed by atoms with Crippen molar-refractivity contribution < 1.29 is 4.74 Å².